The van der Waals surface area contributed by atoms with Crippen molar-refractivity contribution in [2.75, 3.05) is 23.7 Å². The first-order chi connectivity index (χ1) is 20.6. The SMILES string of the molecule is C[C@H]1CS(=O)C(C)(C)C[C@]1(F)c1cc(Cl)c[nH]c1=O.FC(F)(F)c1nc(N2CCCC2)c2oc3ccccc3c2n1.O=CO. The van der Waals surface area contributed by atoms with Gasteiger partial charge in [0.05, 0.1) is 10.6 Å². The lowest BCUT2D eigenvalue weighted by atomic mass is 9.78. The van der Waals surface area contributed by atoms with Crippen molar-refractivity contribution in [2.24, 2.45) is 5.92 Å². The van der Waals surface area contributed by atoms with E-state index in [4.69, 9.17) is 25.9 Å². The van der Waals surface area contributed by atoms with Gasteiger partial charge in [-0.15, -0.1) is 0 Å². The highest BCUT2D eigenvalue weighted by Gasteiger charge is 2.51. The molecule has 44 heavy (non-hydrogen) atoms. The Labute approximate surface area is 257 Å². The normalized spacial score (nSPS) is 23.0. The van der Waals surface area contributed by atoms with Gasteiger partial charge in [0.1, 0.15) is 16.8 Å². The van der Waals surface area contributed by atoms with Gasteiger partial charge in [0.15, 0.2) is 11.4 Å². The van der Waals surface area contributed by atoms with Crippen LogP contribution in [0.1, 0.15) is 51.4 Å². The number of nitrogens with one attached hydrogen (secondary N) is 1. The molecule has 15 heteroatoms. The Morgan fingerprint density at radius 3 is 2.48 bits per heavy atom. The molecule has 2 aliphatic heterocycles. The molecule has 0 radical (unpaired) electrons. The minimum Gasteiger partial charge on any atom is -0.483 e. The van der Waals surface area contributed by atoms with E-state index in [1.54, 1.807) is 45.0 Å². The number of H-pyrrole nitrogens is 1. The smallest absolute Gasteiger partial charge is 0.451 e. The van der Waals surface area contributed by atoms with Gasteiger partial charge in [0.25, 0.3) is 12.0 Å². The summed E-state index contributed by atoms with van der Waals surface area (Å²) in [4.78, 5) is 32.0. The quantitative estimate of drug-likeness (QED) is 0.186. The largest absolute Gasteiger partial charge is 0.483 e. The molecule has 2 fully saturated rings. The van der Waals surface area contributed by atoms with Crippen molar-refractivity contribution >= 4 is 56.8 Å². The molecule has 238 valence electrons. The van der Waals surface area contributed by atoms with Gasteiger partial charge in [0, 0.05) is 58.3 Å². The number of fused-ring (bicyclic) bond motifs is 3. The van der Waals surface area contributed by atoms with Crippen molar-refractivity contribution in [1.29, 1.82) is 0 Å². The summed E-state index contributed by atoms with van der Waals surface area (Å²) in [5, 5.41) is 7.76. The van der Waals surface area contributed by atoms with Crippen LogP contribution in [0.5, 0.6) is 0 Å². The maximum atomic E-state index is 15.4. The van der Waals surface area contributed by atoms with Crippen molar-refractivity contribution in [3.63, 3.8) is 0 Å². The Hall–Kier alpha value is -3.52. The van der Waals surface area contributed by atoms with Gasteiger partial charge in [-0.1, -0.05) is 30.7 Å². The second-order valence-corrected chi connectivity index (χ2v) is 13.8. The second kappa shape index (κ2) is 12.8. The Morgan fingerprint density at radius 1 is 1.20 bits per heavy atom. The summed E-state index contributed by atoms with van der Waals surface area (Å²) < 4.78 is 71.8. The number of alkyl halides is 4. The summed E-state index contributed by atoms with van der Waals surface area (Å²) >= 11 is 5.85. The molecule has 3 aromatic heterocycles. The van der Waals surface area contributed by atoms with E-state index in [-0.39, 0.29) is 35.5 Å². The van der Waals surface area contributed by atoms with E-state index in [0.717, 1.165) is 12.8 Å². The van der Waals surface area contributed by atoms with Crippen molar-refractivity contribution in [1.82, 2.24) is 15.0 Å². The minimum absolute atomic E-state index is 0.0391. The lowest BCUT2D eigenvalue weighted by Gasteiger charge is -2.43. The minimum atomic E-state index is -4.58. The number of hydrogen-bond acceptors (Lipinski definition) is 7. The Bertz CT molecular complexity index is 1740. The molecule has 4 aromatic rings. The van der Waals surface area contributed by atoms with Gasteiger partial charge in [0.2, 0.25) is 5.82 Å². The Kier molecular flexibility index (Phi) is 9.74. The van der Waals surface area contributed by atoms with Crippen LogP contribution in [0, 0.1) is 5.92 Å². The molecule has 5 heterocycles. The average Bonchev–Trinajstić information content (AvgIpc) is 3.61. The first kappa shape index (κ1) is 33.4. The highest BCUT2D eigenvalue weighted by atomic mass is 35.5. The predicted octanol–water partition coefficient (Wildman–Crippen LogP) is 6.46. The molecule has 1 unspecified atom stereocenters. The number of carboxylic acid groups (broad SMARTS) is 1. The van der Waals surface area contributed by atoms with E-state index >= 15 is 4.39 Å². The summed E-state index contributed by atoms with van der Waals surface area (Å²) in [7, 11) is -1.10. The predicted molar refractivity (Wildman–Crippen MR) is 160 cm³/mol. The molecule has 2 saturated heterocycles. The Morgan fingerprint density at radius 2 is 1.84 bits per heavy atom. The standard InChI is InChI=1S/C15H12F3N3O.C13H17ClFNO2S.CH2O2/c16-15(17,18)14-19-11-9-5-1-2-6-10(9)22-12(11)13(20-14)21-7-3-4-8-21;1-8-6-19(18)12(2,3)7-13(8,15)10-4-9(14)5-16-11(10)17;2-1-3/h1-2,5-6H,3-4,7-8H2;4-5,8H,6-7H2,1-3H3,(H,16,17);1H,(H,2,3)/t;8-,13+,19?;/m.0./s1. The summed E-state index contributed by atoms with van der Waals surface area (Å²) in [6.07, 6.45) is -1.31. The fourth-order valence-corrected chi connectivity index (χ4v) is 7.14. The number of carbonyl (C=O) groups is 1. The van der Waals surface area contributed by atoms with Gasteiger partial charge in [-0.3, -0.25) is 13.8 Å². The molecule has 6 rings (SSSR count). The number of benzene rings is 1. The zero-order valence-corrected chi connectivity index (χ0v) is 25.7. The van der Waals surface area contributed by atoms with E-state index in [2.05, 4.69) is 15.0 Å². The van der Waals surface area contributed by atoms with E-state index in [0.29, 0.717) is 34.7 Å². The first-order valence-electron chi connectivity index (χ1n) is 13.7. The molecule has 3 atom stereocenters. The van der Waals surface area contributed by atoms with E-state index in [1.807, 2.05) is 4.90 Å². The molecule has 0 bridgehead atoms. The topological polar surface area (TPSA) is 129 Å². The number of nitrogens with zero attached hydrogens (tertiary/aromatic N) is 3. The average molecular weight is 659 g/mol. The number of hydrogen-bond donors (Lipinski definition) is 2. The van der Waals surface area contributed by atoms with Crippen LogP contribution < -0.4 is 10.5 Å². The van der Waals surface area contributed by atoms with Crippen LogP contribution in [0.2, 0.25) is 5.02 Å². The number of aromatic amines is 1. The van der Waals surface area contributed by atoms with E-state index < -0.39 is 44.7 Å². The molecule has 1 aromatic carbocycles. The molecular formula is C29H31ClF4N4O5S. The number of para-hydroxylation sites is 1. The first-order valence-corrected chi connectivity index (χ1v) is 15.4. The van der Waals surface area contributed by atoms with Gasteiger partial charge >= 0.3 is 6.18 Å². The third-order valence-corrected chi connectivity index (χ3v) is 10.1. The van der Waals surface area contributed by atoms with Crippen LogP contribution in [-0.4, -0.2) is 54.3 Å². The van der Waals surface area contributed by atoms with Crippen molar-refractivity contribution in [3.05, 3.63) is 63.3 Å². The maximum Gasteiger partial charge on any atom is 0.451 e. The number of rotatable bonds is 2. The van der Waals surface area contributed by atoms with Crippen LogP contribution in [0.25, 0.3) is 22.1 Å². The summed E-state index contributed by atoms with van der Waals surface area (Å²) in [5.74, 6) is -1.12. The maximum absolute atomic E-state index is 15.4. The van der Waals surface area contributed by atoms with E-state index in [9.17, 15) is 22.2 Å². The van der Waals surface area contributed by atoms with Gasteiger partial charge < -0.3 is 19.4 Å². The van der Waals surface area contributed by atoms with Crippen molar-refractivity contribution in [2.45, 2.75) is 56.6 Å². The number of aromatic nitrogens is 3. The fraction of sp³-hybridized carbons (Fsp3) is 0.448. The molecule has 2 aliphatic rings. The van der Waals surface area contributed by atoms with Gasteiger partial charge in [-0.2, -0.15) is 13.2 Å². The number of furan rings is 1. The van der Waals surface area contributed by atoms with Crippen LogP contribution in [0.4, 0.5) is 23.4 Å². The molecule has 0 saturated carbocycles. The third kappa shape index (κ3) is 6.75. The summed E-state index contributed by atoms with van der Waals surface area (Å²) in [5.41, 5.74) is -1.15. The highest BCUT2D eigenvalue weighted by molar-refractivity contribution is 7.86. The van der Waals surface area contributed by atoms with Crippen molar-refractivity contribution < 1.29 is 36.1 Å². The second-order valence-electron chi connectivity index (χ2n) is 11.2. The van der Waals surface area contributed by atoms with Crippen LogP contribution in [0.3, 0.4) is 0 Å². The van der Waals surface area contributed by atoms with Gasteiger partial charge in [-0.05, 0) is 44.9 Å². The number of pyridine rings is 1. The van der Waals surface area contributed by atoms with Crippen LogP contribution in [-0.2, 0) is 27.4 Å². The number of halogens is 5. The van der Waals surface area contributed by atoms with Crippen LogP contribution >= 0.6 is 11.6 Å². The zero-order chi connectivity index (χ0) is 32.4. The molecule has 0 aliphatic carbocycles. The monoisotopic (exact) mass is 658 g/mol. The van der Waals surface area contributed by atoms with Crippen molar-refractivity contribution in [3.8, 4) is 0 Å². The van der Waals surface area contributed by atoms with Crippen LogP contribution in [0.15, 0.2) is 45.7 Å². The molecular weight excluding hydrogens is 628 g/mol. The molecule has 2 N–H and O–H groups in total. The van der Waals surface area contributed by atoms with E-state index in [1.165, 1.54) is 12.3 Å². The summed E-state index contributed by atoms with van der Waals surface area (Å²) in [6.45, 7) is 6.33. The fourth-order valence-electron chi connectivity index (χ4n) is 5.43. The molecule has 0 spiro atoms. The zero-order valence-electron chi connectivity index (χ0n) is 24.1. The third-order valence-electron chi connectivity index (χ3n) is 7.66. The Balaban J connectivity index is 0.000000187. The van der Waals surface area contributed by atoms with Gasteiger partial charge in [-0.25, -0.2) is 14.4 Å². The molecule has 0 amide bonds. The number of anilines is 1. The summed E-state index contributed by atoms with van der Waals surface area (Å²) in [6, 6.07) is 8.34. The lowest BCUT2D eigenvalue weighted by molar-refractivity contribution is -0.144. The molecule has 9 nitrogen and oxygen atoms in total. The lowest BCUT2D eigenvalue weighted by Crippen LogP contribution is -2.50. The highest BCUT2D eigenvalue weighted by Crippen LogP contribution is 2.46.